The lowest BCUT2D eigenvalue weighted by Crippen LogP contribution is -2.19. The highest BCUT2D eigenvalue weighted by Crippen LogP contribution is 2.14. The zero-order valence-electron chi connectivity index (χ0n) is 6.77. The molecule has 1 atom stereocenters. The number of aliphatic carboxylic acids is 1. The first-order chi connectivity index (χ1) is 5.07. The summed E-state index contributed by atoms with van der Waals surface area (Å²) in [4.78, 5) is 20.8. The summed E-state index contributed by atoms with van der Waals surface area (Å²) in [6, 6.07) is 0. The van der Waals surface area contributed by atoms with E-state index >= 15 is 0 Å². The van der Waals surface area contributed by atoms with Gasteiger partial charge in [0.05, 0.1) is 0 Å². The molecule has 1 unspecified atom stereocenters. The zero-order valence-corrected chi connectivity index (χ0v) is 9.22. The van der Waals surface area contributed by atoms with Gasteiger partial charge >= 0.3 is 5.97 Å². The van der Waals surface area contributed by atoms with Gasteiger partial charge in [-0.15, -0.1) is 24.2 Å². The molecule has 0 fully saturated rings. The fourth-order valence-corrected chi connectivity index (χ4v) is 1.91. The molecule has 0 amide bonds. The number of thioether (sulfide) groups is 2. The van der Waals surface area contributed by atoms with Gasteiger partial charge in [0.25, 0.3) is 0 Å². The van der Waals surface area contributed by atoms with Gasteiger partial charge in [-0.1, -0.05) is 11.8 Å². The highest BCUT2D eigenvalue weighted by atomic mass is 35.5. The van der Waals surface area contributed by atoms with Gasteiger partial charge in [0.2, 0.25) is 0 Å². The summed E-state index contributed by atoms with van der Waals surface area (Å²) in [5, 5.41) is 8.04. The summed E-state index contributed by atoms with van der Waals surface area (Å²) in [5.41, 5.74) is 0. The minimum Gasteiger partial charge on any atom is -0.480 e. The maximum atomic E-state index is 10.4. The van der Waals surface area contributed by atoms with Gasteiger partial charge in [-0.2, -0.15) is 0 Å². The number of rotatable bonds is 4. The van der Waals surface area contributed by atoms with Crippen LogP contribution in [0.2, 0.25) is 0 Å². The van der Waals surface area contributed by atoms with Crippen molar-refractivity contribution < 1.29 is 14.7 Å². The molecule has 0 heterocycles. The number of halogens is 1. The van der Waals surface area contributed by atoms with Crippen LogP contribution in [0.3, 0.4) is 0 Å². The van der Waals surface area contributed by atoms with Crippen molar-refractivity contribution in [2.45, 2.75) is 12.2 Å². The molecule has 0 aromatic rings. The van der Waals surface area contributed by atoms with Crippen molar-refractivity contribution in [2.24, 2.45) is 0 Å². The van der Waals surface area contributed by atoms with Crippen LogP contribution < -0.4 is 0 Å². The molecule has 12 heavy (non-hydrogen) atoms. The molecule has 0 saturated heterocycles. The molecular weight excluding hydrogens is 220 g/mol. The van der Waals surface area contributed by atoms with Crippen molar-refractivity contribution in [3.05, 3.63) is 0 Å². The molecule has 0 bridgehead atoms. The van der Waals surface area contributed by atoms with Gasteiger partial charge in [-0.3, -0.25) is 9.59 Å². The average Bonchev–Trinajstić information content (AvgIpc) is 1.87. The Hall–Kier alpha value is 0.130. The zero-order chi connectivity index (χ0) is 8.85. The van der Waals surface area contributed by atoms with E-state index in [1.807, 2.05) is 0 Å². The normalized spacial score (nSPS) is 11.5. The quantitative estimate of drug-likeness (QED) is 0.794. The summed E-state index contributed by atoms with van der Waals surface area (Å²) in [6.45, 7) is 1.43. The first-order valence-electron chi connectivity index (χ1n) is 2.97. The topological polar surface area (TPSA) is 54.4 Å². The summed E-state index contributed by atoms with van der Waals surface area (Å²) in [6.07, 6.45) is 1.72. The minimum absolute atomic E-state index is 0. The van der Waals surface area contributed by atoms with E-state index in [4.69, 9.17) is 5.11 Å². The van der Waals surface area contributed by atoms with E-state index in [9.17, 15) is 9.59 Å². The van der Waals surface area contributed by atoms with Crippen LogP contribution in [0.15, 0.2) is 0 Å². The van der Waals surface area contributed by atoms with E-state index in [0.717, 1.165) is 11.8 Å². The van der Waals surface area contributed by atoms with Crippen LogP contribution >= 0.6 is 35.9 Å². The predicted molar refractivity (Wildman–Crippen MR) is 55.3 cm³/mol. The van der Waals surface area contributed by atoms with Gasteiger partial charge in [-0.25, -0.2) is 0 Å². The monoisotopic (exact) mass is 230 g/mol. The number of hydrogen-bond acceptors (Lipinski definition) is 4. The fourth-order valence-electron chi connectivity index (χ4n) is 0.433. The van der Waals surface area contributed by atoms with Crippen LogP contribution in [0.25, 0.3) is 0 Å². The Labute approximate surface area is 86.1 Å². The Balaban J connectivity index is 0. The van der Waals surface area contributed by atoms with Gasteiger partial charge in [0.1, 0.15) is 5.25 Å². The van der Waals surface area contributed by atoms with Crippen LogP contribution in [-0.2, 0) is 9.59 Å². The van der Waals surface area contributed by atoms with Crippen LogP contribution in [0, 0.1) is 0 Å². The van der Waals surface area contributed by atoms with Gasteiger partial charge in [0, 0.05) is 12.7 Å². The molecule has 0 rings (SSSR count). The Bertz CT molecular complexity index is 163. The van der Waals surface area contributed by atoms with E-state index in [1.54, 1.807) is 6.26 Å². The molecule has 0 aliphatic carbocycles. The van der Waals surface area contributed by atoms with Crippen molar-refractivity contribution >= 4 is 47.0 Å². The Morgan fingerprint density at radius 1 is 1.50 bits per heavy atom. The Kier molecular flexibility index (Phi) is 9.47. The first kappa shape index (κ1) is 14.6. The molecule has 0 aliphatic heterocycles. The third-order valence-electron chi connectivity index (χ3n) is 0.998. The van der Waals surface area contributed by atoms with Crippen molar-refractivity contribution in [3.8, 4) is 0 Å². The second-order valence-electron chi connectivity index (χ2n) is 1.87. The summed E-state index contributed by atoms with van der Waals surface area (Å²) in [5.74, 6) is -0.502. The standard InChI is InChI=1S/C6H10O3S2.ClH/c1-4(7)11-3-5(10-2)6(8)9;/h5H,3H2,1-2H3,(H,8,9);1H. The molecule has 0 saturated carbocycles. The van der Waals surface area contributed by atoms with Crippen molar-refractivity contribution in [3.63, 3.8) is 0 Å². The van der Waals surface area contributed by atoms with E-state index in [0.29, 0.717) is 5.75 Å². The highest BCUT2D eigenvalue weighted by molar-refractivity contribution is 8.14. The third kappa shape index (κ3) is 6.82. The second-order valence-corrected chi connectivity index (χ2v) is 4.10. The smallest absolute Gasteiger partial charge is 0.317 e. The summed E-state index contributed by atoms with van der Waals surface area (Å²) >= 11 is 2.30. The maximum Gasteiger partial charge on any atom is 0.317 e. The number of carbonyl (C=O) groups is 2. The fraction of sp³-hybridized carbons (Fsp3) is 0.667. The van der Waals surface area contributed by atoms with Crippen LogP contribution in [0.5, 0.6) is 0 Å². The second kappa shape index (κ2) is 7.76. The molecule has 1 N–H and O–H groups in total. The SMILES string of the molecule is CSC(CSC(C)=O)C(=O)O.Cl. The molecular formula is C6H11ClO3S2. The van der Waals surface area contributed by atoms with E-state index in [-0.39, 0.29) is 17.5 Å². The average molecular weight is 231 g/mol. The van der Waals surface area contributed by atoms with Gasteiger partial charge < -0.3 is 5.11 Å². The van der Waals surface area contributed by atoms with Crippen LogP contribution in [0.4, 0.5) is 0 Å². The lowest BCUT2D eigenvalue weighted by atomic mass is 10.5. The van der Waals surface area contributed by atoms with Gasteiger partial charge in [-0.05, 0) is 6.26 Å². The number of carbonyl (C=O) groups excluding carboxylic acids is 1. The molecule has 0 aromatic carbocycles. The van der Waals surface area contributed by atoms with Crippen LogP contribution in [-0.4, -0.2) is 33.4 Å². The predicted octanol–water partition coefficient (Wildman–Crippen LogP) is 1.50. The lowest BCUT2D eigenvalue weighted by Gasteiger charge is -2.05. The molecule has 0 spiro atoms. The number of carboxylic acids is 1. The van der Waals surface area contributed by atoms with Crippen molar-refractivity contribution in [2.75, 3.05) is 12.0 Å². The van der Waals surface area contributed by atoms with E-state index in [2.05, 4.69) is 0 Å². The van der Waals surface area contributed by atoms with E-state index < -0.39 is 11.2 Å². The lowest BCUT2D eigenvalue weighted by molar-refractivity contribution is -0.135. The Morgan fingerprint density at radius 2 is 2.00 bits per heavy atom. The molecule has 0 aromatic heterocycles. The largest absolute Gasteiger partial charge is 0.480 e. The van der Waals surface area contributed by atoms with E-state index in [1.165, 1.54) is 18.7 Å². The van der Waals surface area contributed by atoms with Crippen molar-refractivity contribution in [1.82, 2.24) is 0 Å². The summed E-state index contributed by atoms with van der Waals surface area (Å²) < 4.78 is 0. The number of carboxylic acid groups (broad SMARTS) is 1. The maximum absolute atomic E-state index is 10.4. The molecule has 0 radical (unpaired) electrons. The van der Waals surface area contributed by atoms with Crippen LogP contribution in [0.1, 0.15) is 6.92 Å². The Morgan fingerprint density at radius 3 is 2.25 bits per heavy atom. The first-order valence-corrected chi connectivity index (χ1v) is 5.24. The molecule has 0 aliphatic rings. The number of hydrogen-bond donors (Lipinski definition) is 1. The highest BCUT2D eigenvalue weighted by Gasteiger charge is 2.16. The summed E-state index contributed by atoms with van der Waals surface area (Å²) in [7, 11) is 0. The molecule has 3 nitrogen and oxygen atoms in total. The van der Waals surface area contributed by atoms with Gasteiger partial charge in [0.15, 0.2) is 5.12 Å². The van der Waals surface area contributed by atoms with Crippen molar-refractivity contribution in [1.29, 1.82) is 0 Å². The third-order valence-corrected chi connectivity index (χ3v) is 3.05. The molecule has 72 valence electrons. The molecule has 6 heteroatoms. The minimum atomic E-state index is -0.855.